The smallest absolute Gasteiger partial charge is 0.313 e. The topological polar surface area (TPSA) is 61.8 Å². The van der Waals surface area contributed by atoms with Crippen molar-refractivity contribution in [1.29, 1.82) is 0 Å². The first kappa shape index (κ1) is 14.0. The summed E-state index contributed by atoms with van der Waals surface area (Å²) in [6, 6.07) is 3.27. The molecule has 0 aliphatic rings. The van der Waals surface area contributed by atoms with Crippen LogP contribution in [0.2, 0.25) is 0 Å². The van der Waals surface area contributed by atoms with E-state index in [1.54, 1.807) is 19.1 Å². The lowest BCUT2D eigenvalue weighted by molar-refractivity contribution is -0.139. The van der Waals surface area contributed by atoms with Crippen LogP contribution in [0, 0.1) is 6.92 Å². The van der Waals surface area contributed by atoms with Crippen molar-refractivity contribution in [2.24, 2.45) is 0 Å². The average molecular weight is 252 g/mol. The fraction of sp³-hybridized carbons (Fsp3) is 0.385. The van der Waals surface area contributed by atoms with Gasteiger partial charge >= 0.3 is 5.97 Å². The summed E-state index contributed by atoms with van der Waals surface area (Å²) >= 11 is 0. The first-order valence-electron chi connectivity index (χ1n) is 5.36. The SMILES string of the molecule is COC(=O)CC(=O)c1cc(OC)c(OC)cc1C. The molecule has 98 valence electrons. The summed E-state index contributed by atoms with van der Waals surface area (Å²) in [6.45, 7) is 1.77. The Morgan fingerprint density at radius 1 is 1.06 bits per heavy atom. The van der Waals surface area contributed by atoms with E-state index in [1.165, 1.54) is 21.3 Å². The summed E-state index contributed by atoms with van der Waals surface area (Å²) < 4.78 is 14.7. The second kappa shape index (κ2) is 6.05. The monoisotopic (exact) mass is 252 g/mol. The lowest BCUT2D eigenvalue weighted by Crippen LogP contribution is -2.11. The Morgan fingerprint density at radius 2 is 1.61 bits per heavy atom. The zero-order valence-corrected chi connectivity index (χ0v) is 10.9. The molecular weight excluding hydrogens is 236 g/mol. The Balaban J connectivity index is 3.09. The summed E-state index contributed by atoms with van der Waals surface area (Å²) in [6.07, 6.45) is -0.285. The van der Waals surface area contributed by atoms with Crippen molar-refractivity contribution >= 4 is 11.8 Å². The van der Waals surface area contributed by atoms with Crippen molar-refractivity contribution in [3.8, 4) is 11.5 Å². The maximum Gasteiger partial charge on any atom is 0.313 e. The van der Waals surface area contributed by atoms with Gasteiger partial charge in [0.05, 0.1) is 21.3 Å². The lowest BCUT2D eigenvalue weighted by atomic mass is 10.0. The zero-order chi connectivity index (χ0) is 13.7. The quantitative estimate of drug-likeness (QED) is 0.454. The van der Waals surface area contributed by atoms with Crippen LogP contribution in [0.4, 0.5) is 0 Å². The van der Waals surface area contributed by atoms with E-state index < -0.39 is 5.97 Å². The van der Waals surface area contributed by atoms with E-state index >= 15 is 0 Å². The number of esters is 1. The van der Waals surface area contributed by atoms with Gasteiger partial charge in [-0.05, 0) is 24.6 Å². The van der Waals surface area contributed by atoms with E-state index in [0.29, 0.717) is 17.1 Å². The summed E-state index contributed by atoms with van der Waals surface area (Å²) in [5.74, 6) is 0.135. The first-order valence-corrected chi connectivity index (χ1v) is 5.36. The van der Waals surface area contributed by atoms with Crippen molar-refractivity contribution in [3.05, 3.63) is 23.3 Å². The number of aryl methyl sites for hydroxylation is 1. The molecule has 5 nitrogen and oxygen atoms in total. The Kier molecular flexibility index (Phi) is 4.71. The number of ether oxygens (including phenoxy) is 3. The molecule has 0 aliphatic carbocycles. The fourth-order valence-electron chi connectivity index (χ4n) is 1.58. The van der Waals surface area contributed by atoms with Crippen molar-refractivity contribution < 1.29 is 23.8 Å². The predicted octanol–water partition coefficient (Wildman–Crippen LogP) is 1.76. The number of carbonyl (C=O) groups excluding carboxylic acids is 2. The van der Waals surface area contributed by atoms with Gasteiger partial charge in [0.25, 0.3) is 0 Å². The van der Waals surface area contributed by atoms with Gasteiger partial charge in [-0.25, -0.2) is 0 Å². The summed E-state index contributed by atoms with van der Waals surface area (Å²) in [4.78, 5) is 23.0. The molecule has 0 fully saturated rings. The van der Waals surface area contributed by atoms with E-state index in [1.807, 2.05) is 0 Å². The van der Waals surface area contributed by atoms with Gasteiger partial charge in [-0.2, -0.15) is 0 Å². The third kappa shape index (κ3) is 3.00. The van der Waals surface area contributed by atoms with Crippen LogP contribution in [0.5, 0.6) is 11.5 Å². The van der Waals surface area contributed by atoms with Crippen LogP contribution in [0.15, 0.2) is 12.1 Å². The van der Waals surface area contributed by atoms with E-state index in [-0.39, 0.29) is 12.2 Å². The highest BCUT2D eigenvalue weighted by Gasteiger charge is 2.17. The Hall–Kier alpha value is -2.04. The molecule has 1 rings (SSSR count). The molecule has 0 heterocycles. The second-order valence-corrected chi connectivity index (χ2v) is 3.70. The molecule has 0 aromatic heterocycles. The van der Waals surface area contributed by atoms with Gasteiger partial charge in [0, 0.05) is 5.56 Å². The van der Waals surface area contributed by atoms with Gasteiger partial charge in [0.2, 0.25) is 0 Å². The Labute approximate surface area is 106 Å². The van der Waals surface area contributed by atoms with Crippen molar-refractivity contribution in [2.75, 3.05) is 21.3 Å². The van der Waals surface area contributed by atoms with Crippen LogP contribution >= 0.6 is 0 Å². The van der Waals surface area contributed by atoms with E-state index in [0.717, 1.165) is 5.56 Å². The van der Waals surface area contributed by atoms with Crippen LogP contribution in [0.25, 0.3) is 0 Å². The standard InChI is InChI=1S/C13H16O5/c1-8-5-11(16-2)12(17-3)6-9(8)10(14)7-13(15)18-4/h5-6H,7H2,1-4H3. The summed E-state index contributed by atoms with van der Waals surface area (Å²) in [5.41, 5.74) is 1.15. The number of Topliss-reactive ketones (excluding diaryl/α,β-unsaturated/α-hetero) is 1. The normalized spacial score (nSPS) is 9.78. The van der Waals surface area contributed by atoms with Crippen molar-refractivity contribution in [1.82, 2.24) is 0 Å². The molecule has 5 heteroatoms. The molecule has 0 bridgehead atoms. The lowest BCUT2D eigenvalue weighted by Gasteiger charge is -2.11. The maximum absolute atomic E-state index is 11.9. The van der Waals surface area contributed by atoms with Crippen LogP contribution in [0.3, 0.4) is 0 Å². The largest absolute Gasteiger partial charge is 0.493 e. The van der Waals surface area contributed by atoms with Crippen LogP contribution in [-0.4, -0.2) is 33.1 Å². The molecule has 1 aromatic carbocycles. The minimum Gasteiger partial charge on any atom is -0.493 e. The number of hydrogen-bond acceptors (Lipinski definition) is 5. The molecule has 0 saturated carbocycles. The predicted molar refractivity (Wildman–Crippen MR) is 65.2 cm³/mol. The molecule has 0 saturated heterocycles. The molecule has 0 aliphatic heterocycles. The van der Waals surface area contributed by atoms with Gasteiger partial charge in [-0.15, -0.1) is 0 Å². The fourth-order valence-corrected chi connectivity index (χ4v) is 1.58. The third-order valence-corrected chi connectivity index (χ3v) is 2.56. The Bertz CT molecular complexity index is 465. The highest BCUT2D eigenvalue weighted by Crippen LogP contribution is 2.30. The molecule has 0 atom stereocenters. The number of ketones is 1. The van der Waals surface area contributed by atoms with Crippen LogP contribution in [0.1, 0.15) is 22.3 Å². The van der Waals surface area contributed by atoms with Crippen LogP contribution < -0.4 is 9.47 Å². The summed E-state index contributed by atoms with van der Waals surface area (Å²) in [7, 11) is 4.26. The molecule has 0 unspecified atom stereocenters. The number of rotatable bonds is 5. The molecule has 1 aromatic rings. The van der Waals surface area contributed by atoms with E-state index in [9.17, 15) is 9.59 Å². The van der Waals surface area contributed by atoms with Gasteiger partial charge in [-0.3, -0.25) is 9.59 Å². The van der Waals surface area contributed by atoms with E-state index in [2.05, 4.69) is 4.74 Å². The molecule has 0 spiro atoms. The van der Waals surface area contributed by atoms with Gasteiger partial charge in [0.15, 0.2) is 17.3 Å². The number of carbonyl (C=O) groups is 2. The number of methoxy groups -OCH3 is 3. The molecule has 0 N–H and O–H groups in total. The minimum absolute atomic E-state index is 0.285. The first-order chi connectivity index (χ1) is 8.53. The molecule has 0 radical (unpaired) electrons. The van der Waals surface area contributed by atoms with Crippen molar-refractivity contribution in [3.63, 3.8) is 0 Å². The average Bonchev–Trinajstić information content (AvgIpc) is 2.37. The van der Waals surface area contributed by atoms with Gasteiger partial charge in [-0.1, -0.05) is 0 Å². The highest BCUT2D eigenvalue weighted by molar-refractivity contribution is 6.07. The highest BCUT2D eigenvalue weighted by atomic mass is 16.5. The third-order valence-electron chi connectivity index (χ3n) is 2.56. The van der Waals surface area contributed by atoms with Crippen molar-refractivity contribution in [2.45, 2.75) is 13.3 Å². The van der Waals surface area contributed by atoms with E-state index in [4.69, 9.17) is 9.47 Å². The maximum atomic E-state index is 11.9. The second-order valence-electron chi connectivity index (χ2n) is 3.70. The summed E-state index contributed by atoms with van der Waals surface area (Å²) in [5, 5.41) is 0. The molecular formula is C13H16O5. The molecule has 18 heavy (non-hydrogen) atoms. The Morgan fingerprint density at radius 3 is 2.11 bits per heavy atom. The minimum atomic E-state index is -0.561. The van der Waals surface area contributed by atoms with Gasteiger partial charge < -0.3 is 14.2 Å². The number of hydrogen-bond donors (Lipinski definition) is 0. The number of benzene rings is 1. The zero-order valence-electron chi connectivity index (χ0n) is 10.9. The molecule has 0 amide bonds. The van der Waals surface area contributed by atoms with Crippen LogP contribution in [-0.2, 0) is 9.53 Å². The van der Waals surface area contributed by atoms with Gasteiger partial charge in [0.1, 0.15) is 6.42 Å².